The van der Waals surface area contributed by atoms with Crippen molar-refractivity contribution in [3.8, 4) is 0 Å². The molecule has 2 aromatic rings. The van der Waals surface area contributed by atoms with Gasteiger partial charge in [-0.25, -0.2) is 15.0 Å². The molecule has 90 valence electrons. The van der Waals surface area contributed by atoms with Crippen molar-refractivity contribution in [2.24, 2.45) is 0 Å². The molecule has 0 aliphatic rings. The quantitative estimate of drug-likeness (QED) is 0.680. The van der Waals surface area contributed by atoms with Gasteiger partial charge in [0.1, 0.15) is 22.2 Å². The summed E-state index contributed by atoms with van der Waals surface area (Å²) in [7, 11) is 0. The lowest BCUT2D eigenvalue weighted by Crippen LogP contribution is -2.07. The van der Waals surface area contributed by atoms with Crippen molar-refractivity contribution in [3.05, 3.63) is 28.5 Å². The zero-order valence-corrected chi connectivity index (χ0v) is 11.6. The van der Waals surface area contributed by atoms with E-state index in [2.05, 4.69) is 32.6 Å². The monoisotopic (exact) mass is 266 g/mol. The van der Waals surface area contributed by atoms with Crippen LogP contribution in [-0.2, 0) is 0 Å². The van der Waals surface area contributed by atoms with E-state index in [-0.39, 0.29) is 6.04 Å². The van der Waals surface area contributed by atoms with Crippen LogP contribution in [0.2, 0.25) is 0 Å². The van der Waals surface area contributed by atoms with E-state index in [0.717, 1.165) is 21.5 Å². The largest absolute Gasteiger partial charge is 0.361 e. The van der Waals surface area contributed by atoms with Crippen LogP contribution in [0.1, 0.15) is 23.7 Å². The maximum Gasteiger partial charge on any atom is 0.131 e. The minimum Gasteiger partial charge on any atom is -0.361 e. The molecule has 0 aromatic carbocycles. The number of anilines is 1. The van der Waals surface area contributed by atoms with Crippen molar-refractivity contribution in [2.75, 3.05) is 11.6 Å². The van der Waals surface area contributed by atoms with Gasteiger partial charge in [-0.3, -0.25) is 0 Å². The molecule has 2 heterocycles. The second-order valence-corrected chi connectivity index (χ2v) is 5.35. The van der Waals surface area contributed by atoms with Crippen LogP contribution in [0.3, 0.4) is 0 Å². The van der Waals surface area contributed by atoms with Crippen LogP contribution in [0.5, 0.6) is 0 Å². The molecule has 0 aliphatic carbocycles. The van der Waals surface area contributed by atoms with Gasteiger partial charge in [0, 0.05) is 17.1 Å². The predicted molar refractivity (Wildman–Crippen MR) is 72.7 cm³/mol. The Balaban J connectivity index is 2.09. The SMILES string of the molecule is CSc1cc(NC(C)c2nc(C)cs2)ncn1. The summed E-state index contributed by atoms with van der Waals surface area (Å²) in [6.07, 6.45) is 3.58. The first-order valence-electron chi connectivity index (χ1n) is 5.23. The predicted octanol–water partition coefficient (Wildman–Crippen LogP) is 3.14. The van der Waals surface area contributed by atoms with E-state index in [1.165, 1.54) is 0 Å². The molecule has 17 heavy (non-hydrogen) atoms. The van der Waals surface area contributed by atoms with Crippen LogP contribution in [0, 0.1) is 6.92 Å². The topological polar surface area (TPSA) is 50.7 Å². The molecule has 0 saturated carbocycles. The van der Waals surface area contributed by atoms with Gasteiger partial charge >= 0.3 is 0 Å². The second-order valence-electron chi connectivity index (χ2n) is 3.64. The van der Waals surface area contributed by atoms with Gasteiger partial charge in [-0.1, -0.05) is 0 Å². The third-order valence-electron chi connectivity index (χ3n) is 2.22. The maximum absolute atomic E-state index is 4.46. The zero-order valence-electron chi connectivity index (χ0n) is 9.97. The van der Waals surface area contributed by atoms with Crippen molar-refractivity contribution in [3.63, 3.8) is 0 Å². The standard InChI is InChI=1S/C11H14N4S2/c1-7-5-17-11(14-7)8(2)15-9-4-10(16-3)13-6-12-9/h4-6,8H,1-3H3,(H,12,13,15). The zero-order chi connectivity index (χ0) is 12.3. The molecule has 0 bridgehead atoms. The molecule has 0 amide bonds. The molecule has 1 N–H and O–H groups in total. The van der Waals surface area contributed by atoms with E-state index in [1.807, 2.05) is 19.2 Å². The average molecular weight is 266 g/mol. The molecule has 0 spiro atoms. The van der Waals surface area contributed by atoms with Crippen LogP contribution in [0.25, 0.3) is 0 Å². The number of hydrogen-bond acceptors (Lipinski definition) is 6. The highest BCUT2D eigenvalue weighted by Gasteiger charge is 2.10. The molecule has 1 unspecified atom stereocenters. The molecule has 4 nitrogen and oxygen atoms in total. The van der Waals surface area contributed by atoms with E-state index >= 15 is 0 Å². The van der Waals surface area contributed by atoms with E-state index < -0.39 is 0 Å². The van der Waals surface area contributed by atoms with Crippen molar-refractivity contribution in [1.29, 1.82) is 0 Å². The molecule has 1 atom stereocenters. The minimum atomic E-state index is 0.165. The van der Waals surface area contributed by atoms with Gasteiger partial charge in [0.05, 0.1) is 6.04 Å². The van der Waals surface area contributed by atoms with E-state index in [0.29, 0.717) is 0 Å². The highest BCUT2D eigenvalue weighted by atomic mass is 32.2. The van der Waals surface area contributed by atoms with Crippen LogP contribution < -0.4 is 5.32 Å². The van der Waals surface area contributed by atoms with Crippen LogP contribution in [0.15, 0.2) is 22.8 Å². The molecular weight excluding hydrogens is 252 g/mol. The van der Waals surface area contributed by atoms with Gasteiger partial charge in [-0.15, -0.1) is 23.1 Å². The fourth-order valence-electron chi connectivity index (χ4n) is 1.38. The number of thioether (sulfide) groups is 1. The Labute approximate surface area is 109 Å². The van der Waals surface area contributed by atoms with Crippen molar-refractivity contribution >= 4 is 28.9 Å². The molecule has 0 saturated heterocycles. The fraction of sp³-hybridized carbons (Fsp3) is 0.364. The minimum absolute atomic E-state index is 0.165. The lowest BCUT2D eigenvalue weighted by molar-refractivity contribution is 0.849. The highest BCUT2D eigenvalue weighted by molar-refractivity contribution is 7.98. The highest BCUT2D eigenvalue weighted by Crippen LogP contribution is 2.22. The summed E-state index contributed by atoms with van der Waals surface area (Å²) >= 11 is 3.27. The van der Waals surface area contributed by atoms with E-state index in [4.69, 9.17) is 0 Å². The first-order chi connectivity index (χ1) is 8.19. The number of aryl methyl sites for hydroxylation is 1. The van der Waals surface area contributed by atoms with E-state index in [1.54, 1.807) is 29.4 Å². The Bertz CT molecular complexity index is 498. The maximum atomic E-state index is 4.46. The summed E-state index contributed by atoms with van der Waals surface area (Å²) in [6.45, 7) is 4.09. The Kier molecular flexibility index (Phi) is 3.96. The van der Waals surface area contributed by atoms with Crippen molar-refractivity contribution in [1.82, 2.24) is 15.0 Å². The normalized spacial score (nSPS) is 12.4. The average Bonchev–Trinajstić information content (AvgIpc) is 2.76. The summed E-state index contributed by atoms with van der Waals surface area (Å²) in [6, 6.07) is 2.11. The molecular formula is C11H14N4S2. The van der Waals surface area contributed by atoms with Gasteiger partial charge in [0.15, 0.2) is 0 Å². The van der Waals surface area contributed by atoms with Crippen LogP contribution in [-0.4, -0.2) is 21.2 Å². The van der Waals surface area contributed by atoms with Gasteiger partial charge in [0.25, 0.3) is 0 Å². The Morgan fingerprint density at radius 2 is 2.24 bits per heavy atom. The first-order valence-corrected chi connectivity index (χ1v) is 7.34. The van der Waals surface area contributed by atoms with Gasteiger partial charge in [-0.05, 0) is 20.1 Å². The Morgan fingerprint density at radius 1 is 1.41 bits per heavy atom. The summed E-state index contributed by atoms with van der Waals surface area (Å²) in [4.78, 5) is 12.8. The van der Waals surface area contributed by atoms with Gasteiger partial charge in [0.2, 0.25) is 0 Å². The Hall–Kier alpha value is -1.14. The number of thiazole rings is 1. The summed E-state index contributed by atoms with van der Waals surface area (Å²) in [5.74, 6) is 0.838. The third-order valence-corrected chi connectivity index (χ3v) is 4.01. The number of nitrogens with one attached hydrogen (secondary N) is 1. The number of hydrogen-bond donors (Lipinski definition) is 1. The van der Waals surface area contributed by atoms with Crippen molar-refractivity contribution in [2.45, 2.75) is 24.9 Å². The van der Waals surface area contributed by atoms with Gasteiger partial charge < -0.3 is 5.32 Å². The summed E-state index contributed by atoms with van der Waals surface area (Å²) < 4.78 is 0. The second kappa shape index (κ2) is 5.46. The lowest BCUT2D eigenvalue weighted by atomic mass is 10.3. The first kappa shape index (κ1) is 12.3. The van der Waals surface area contributed by atoms with Crippen molar-refractivity contribution < 1.29 is 0 Å². The van der Waals surface area contributed by atoms with Gasteiger partial charge in [-0.2, -0.15) is 0 Å². The lowest BCUT2D eigenvalue weighted by Gasteiger charge is -2.11. The fourth-order valence-corrected chi connectivity index (χ4v) is 2.57. The molecule has 0 radical (unpaired) electrons. The van der Waals surface area contributed by atoms with Crippen LogP contribution >= 0.6 is 23.1 Å². The number of nitrogens with zero attached hydrogens (tertiary/aromatic N) is 3. The molecule has 2 aromatic heterocycles. The summed E-state index contributed by atoms with van der Waals surface area (Å²) in [5.41, 5.74) is 1.06. The molecule has 6 heteroatoms. The smallest absolute Gasteiger partial charge is 0.131 e. The summed E-state index contributed by atoms with van der Waals surface area (Å²) in [5, 5.41) is 7.42. The molecule has 0 aliphatic heterocycles. The number of rotatable bonds is 4. The Morgan fingerprint density at radius 3 is 2.88 bits per heavy atom. The molecule has 0 fully saturated rings. The third kappa shape index (κ3) is 3.17. The number of aromatic nitrogens is 3. The van der Waals surface area contributed by atoms with Crippen LogP contribution in [0.4, 0.5) is 5.82 Å². The molecule has 2 rings (SSSR count). The van der Waals surface area contributed by atoms with E-state index in [9.17, 15) is 0 Å².